The Morgan fingerprint density at radius 2 is 1.10 bits per heavy atom. The zero-order valence-electron chi connectivity index (χ0n) is 32.3. The van der Waals surface area contributed by atoms with Crippen LogP contribution in [0.4, 0.5) is 17.1 Å². The summed E-state index contributed by atoms with van der Waals surface area (Å²) in [6.07, 6.45) is 0. The molecule has 0 bridgehead atoms. The average molecular weight is 743 g/mol. The molecule has 3 nitrogen and oxygen atoms in total. The molecule has 0 radical (unpaired) electrons. The van der Waals surface area contributed by atoms with Gasteiger partial charge in [-0.15, -0.1) is 0 Å². The van der Waals surface area contributed by atoms with E-state index in [9.17, 15) is 0 Å². The lowest BCUT2D eigenvalue weighted by Crippen LogP contribution is -2.17. The second-order valence-corrected chi connectivity index (χ2v) is 16.2. The Labute approximate surface area is 336 Å². The fraction of sp³-hybridized carbons (Fsp3) is 0.0545. The topological polar surface area (TPSA) is 21.3 Å². The van der Waals surface area contributed by atoms with Gasteiger partial charge in [-0.3, -0.25) is 0 Å². The summed E-state index contributed by atoms with van der Waals surface area (Å²) < 4.78 is 9.01. The highest BCUT2D eigenvalue weighted by Crippen LogP contribution is 2.52. The minimum absolute atomic E-state index is 0.232. The first-order valence-corrected chi connectivity index (χ1v) is 20.1. The van der Waals surface area contributed by atoms with Crippen LogP contribution in [0.5, 0.6) is 0 Å². The van der Waals surface area contributed by atoms with E-state index in [0.717, 1.165) is 55.6 Å². The molecule has 0 fully saturated rings. The fourth-order valence-electron chi connectivity index (χ4n) is 9.70. The molecule has 0 spiro atoms. The van der Waals surface area contributed by atoms with Crippen molar-refractivity contribution < 1.29 is 4.42 Å². The predicted octanol–water partition coefficient (Wildman–Crippen LogP) is 15.3. The second-order valence-electron chi connectivity index (χ2n) is 16.2. The Morgan fingerprint density at radius 1 is 0.448 bits per heavy atom. The third-order valence-corrected chi connectivity index (χ3v) is 12.6. The van der Waals surface area contributed by atoms with Crippen molar-refractivity contribution in [1.82, 2.24) is 4.57 Å². The normalized spacial score (nSPS) is 13.1. The van der Waals surface area contributed by atoms with Gasteiger partial charge >= 0.3 is 0 Å². The molecule has 58 heavy (non-hydrogen) atoms. The van der Waals surface area contributed by atoms with Crippen molar-refractivity contribution >= 4 is 71.6 Å². The van der Waals surface area contributed by atoms with Gasteiger partial charge in [-0.25, -0.2) is 0 Å². The zero-order chi connectivity index (χ0) is 38.5. The van der Waals surface area contributed by atoms with Crippen molar-refractivity contribution in [1.29, 1.82) is 0 Å². The molecule has 12 rings (SSSR count). The molecule has 0 amide bonds. The van der Waals surface area contributed by atoms with Crippen LogP contribution in [0.3, 0.4) is 0 Å². The second kappa shape index (κ2) is 12.3. The molecule has 274 valence electrons. The largest absolute Gasteiger partial charge is 0.455 e. The maximum Gasteiger partial charge on any atom is 0.145 e. The smallest absolute Gasteiger partial charge is 0.145 e. The highest BCUT2D eigenvalue weighted by atomic mass is 16.3. The standard InChI is InChI=1S/C55H38N2O/c1-55(2)48-33-41(56(39-14-4-3-5-15-39)40-24-22-36(23-25-40)38-21-20-35-12-6-7-13-37(35)32-38)26-28-43(48)44-29-27-42(34-49(44)55)57-50-18-10-8-17-47(50)53-51(57)31-30-46-45-16-9-11-19-52(45)58-54(46)53/h3-34H,1-2H3. The lowest BCUT2D eigenvalue weighted by molar-refractivity contribution is 0.660. The Morgan fingerprint density at radius 3 is 1.95 bits per heavy atom. The number of para-hydroxylation sites is 3. The van der Waals surface area contributed by atoms with Crippen molar-refractivity contribution in [3.63, 3.8) is 0 Å². The molecule has 1 aliphatic carbocycles. The van der Waals surface area contributed by atoms with Gasteiger partial charge in [-0.2, -0.15) is 0 Å². The number of furan rings is 1. The summed E-state index contributed by atoms with van der Waals surface area (Å²) in [5, 5.41) is 7.16. The molecular weight excluding hydrogens is 705 g/mol. The van der Waals surface area contributed by atoms with Crippen molar-refractivity contribution in [2.24, 2.45) is 0 Å². The summed E-state index contributed by atoms with van der Waals surface area (Å²) in [5.41, 5.74) is 16.2. The summed E-state index contributed by atoms with van der Waals surface area (Å²) in [5.74, 6) is 0. The van der Waals surface area contributed by atoms with Crippen molar-refractivity contribution in [3.8, 4) is 27.9 Å². The molecule has 11 aromatic rings. The van der Waals surface area contributed by atoms with Crippen LogP contribution in [0.1, 0.15) is 25.0 Å². The van der Waals surface area contributed by atoms with E-state index in [0.29, 0.717) is 0 Å². The lowest BCUT2D eigenvalue weighted by Gasteiger charge is -2.28. The third-order valence-electron chi connectivity index (χ3n) is 12.6. The van der Waals surface area contributed by atoms with Gasteiger partial charge in [0, 0.05) is 44.3 Å². The number of rotatable bonds is 5. The number of anilines is 3. The Hall–Kier alpha value is -7.36. The molecule has 0 aliphatic heterocycles. The van der Waals surface area contributed by atoms with Gasteiger partial charge in [0.1, 0.15) is 11.2 Å². The Kier molecular flexibility index (Phi) is 6.98. The first-order chi connectivity index (χ1) is 28.5. The molecular formula is C55H38N2O. The highest BCUT2D eigenvalue weighted by molar-refractivity contribution is 6.23. The summed E-state index contributed by atoms with van der Waals surface area (Å²) in [4.78, 5) is 2.38. The average Bonchev–Trinajstić information content (AvgIpc) is 3.89. The molecule has 0 N–H and O–H groups in total. The van der Waals surface area contributed by atoms with E-state index in [2.05, 4.69) is 211 Å². The van der Waals surface area contributed by atoms with Gasteiger partial charge in [0.15, 0.2) is 0 Å². The van der Waals surface area contributed by atoms with E-state index in [1.165, 1.54) is 55.1 Å². The van der Waals surface area contributed by atoms with Crippen molar-refractivity contribution in [3.05, 3.63) is 205 Å². The molecule has 0 unspecified atom stereocenters. The monoisotopic (exact) mass is 742 g/mol. The zero-order valence-corrected chi connectivity index (χ0v) is 32.3. The van der Waals surface area contributed by atoms with Crippen LogP contribution in [0.15, 0.2) is 199 Å². The molecule has 2 aromatic heterocycles. The molecule has 0 atom stereocenters. The van der Waals surface area contributed by atoms with Gasteiger partial charge in [0.05, 0.1) is 16.4 Å². The minimum Gasteiger partial charge on any atom is -0.455 e. The van der Waals surface area contributed by atoms with E-state index in [4.69, 9.17) is 4.42 Å². The van der Waals surface area contributed by atoms with Crippen LogP contribution >= 0.6 is 0 Å². The predicted molar refractivity (Wildman–Crippen MR) is 243 cm³/mol. The van der Waals surface area contributed by atoms with Crippen LogP contribution in [0.2, 0.25) is 0 Å². The SMILES string of the molecule is CC1(C)c2cc(N(c3ccccc3)c3ccc(-c4ccc5ccccc5c4)cc3)ccc2-c2ccc(-n3c4ccccc4c4c5oc6ccccc6c5ccc43)cc21. The van der Waals surface area contributed by atoms with Crippen LogP contribution in [-0.4, -0.2) is 4.57 Å². The summed E-state index contributed by atoms with van der Waals surface area (Å²) in [6, 6.07) is 70.6. The quantitative estimate of drug-likeness (QED) is 0.175. The van der Waals surface area contributed by atoms with Gasteiger partial charge in [-0.1, -0.05) is 129 Å². The van der Waals surface area contributed by atoms with E-state index < -0.39 is 0 Å². The lowest BCUT2D eigenvalue weighted by atomic mass is 9.82. The summed E-state index contributed by atoms with van der Waals surface area (Å²) >= 11 is 0. The van der Waals surface area contributed by atoms with Crippen LogP contribution in [-0.2, 0) is 5.41 Å². The van der Waals surface area contributed by atoms with Crippen LogP contribution in [0, 0.1) is 0 Å². The van der Waals surface area contributed by atoms with Gasteiger partial charge in [0.2, 0.25) is 0 Å². The molecule has 1 aliphatic rings. The molecule has 3 heteroatoms. The van der Waals surface area contributed by atoms with E-state index in [1.807, 2.05) is 6.07 Å². The van der Waals surface area contributed by atoms with Crippen molar-refractivity contribution in [2.45, 2.75) is 19.3 Å². The number of nitrogens with zero attached hydrogens (tertiary/aromatic N) is 2. The van der Waals surface area contributed by atoms with Gasteiger partial charge in [0.25, 0.3) is 0 Å². The highest BCUT2D eigenvalue weighted by Gasteiger charge is 2.36. The third kappa shape index (κ3) is 4.80. The Balaban J connectivity index is 0.958. The number of fused-ring (bicyclic) bond motifs is 11. The maximum atomic E-state index is 6.59. The van der Waals surface area contributed by atoms with Gasteiger partial charge in [-0.05, 0) is 123 Å². The molecule has 9 aromatic carbocycles. The molecule has 0 saturated carbocycles. The first kappa shape index (κ1) is 32.8. The van der Waals surface area contributed by atoms with Gasteiger partial charge < -0.3 is 13.9 Å². The molecule has 2 heterocycles. The summed E-state index contributed by atoms with van der Waals surface area (Å²) in [7, 11) is 0. The van der Waals surface area contributed by atoms with E-state index >= 15 is 0 Å². The fourth-order valence-corrected chi connectivity index (χ4v) is 9.70. The Bertz CT molecular complexity index is 3420. The number of hydrogen-bond acceptors (Lipinski definition) is 2. The number of aromatic nitrogens is 1. The van der Waals surface area contributed by atoms with Crippen LogP contribution < -0.4 is 4.90 Å². The first-order valence-electron chi connectivity index (χ1n) is 20.1. The minimum atomic E-state index is -0.232. The van der Waals surface area contributed by atoms with E-state index in [1.54, 1.807) is 0 Å². The summed E-state index contributed by atoms with van der Waals surface area (Å²) in [6.45, 7) is 4.75. The number of benzene rings is 9. The molecule has 0 saturated heterocycles. The maximum absolute atomic E-state index is 6.59. The van der Waals surface area contributed by atoms with Crippen LogP contribution in [0.25, 0.3) is 82.5 Å². The number of hydrogen-bond donors (Lipinski definition) is 0. The van der Waals surface area contributed by atoms with E-state index in [-0.39, 0.29) is 5.41 Å². The van der Waals surface area contributed by atoms with Crippen molar-refractivity contribution in [2.75, 3.05) is 4.90 Å².